The Morgan fingerprint density at radius 1 is 1.21 bits per heavy atom. The fourth-order valence-corrected chi connectivity index (χ4v) is 2.44. The number of anilines is 1. The van der Waals surface area contributed by atoms with Crippen LogP contribution < -0.4 is 5.73 Å². The van der Waals surface area contributed by atoms with Crippen LogP contribution in [0.5, 0.6) is 0 Å². The second-order valence-electron chi connectivity index (χ2n) is 4.63. The van der Waals surface area contributed by atoms with Gasteiger partial charge >= 0.3 is 0 Å². The van der Waals surface area contributed by atoms with Crippen LogP contribution >= 0.6 is 0 Å². The standard InChI is InChI=1S/C15H14FN3/c1-9-14(12-7-6-10(17)8-18-12)15-11(16)4-3-5-13(15)19(9)2/h3-8H,17H2,1-2H3. The lowest BCUT2D eigenvalue weighted by molar-refractivity contribution is 0.640. The fraction of sp³-hybridized carbons (Fsp3) is 0.133. The summed E-state index contributed by atoms with van der Waals surface area (Å²) in [4.78, 5) is 4.31. The van der Waals surface area contributed by atoms with Crippen molar-refractivity contribution in [3.05, 3.63) is 48.0 Å². The molecule has 2 heterocycles. The Balaban J connectivity index is 2.40. The third-order valence-electron chi connectivity index (χ3n) is 3.51. The molecule has 19 heavy (non-hydrogen) atoms. The predicted molar refractivity (Wildman–Crippen MR) is 75.3 cm³/mol. The highest BCUT2D eigenvalue weighted by Crippen LogP contribution is 2.34. The summed E-state index contributed by atoms with van der Waals surface area (Å²) in [6.07, 6.45) is 1.59. The summed E-state index contributed by atoms with van der Waals surface area (Å²) in [7, 11) is 1.93. The van der Waals surface area contributed by atoms with E-state index in [1.165, 1.54) is 6.07 Å². The van der Waals surface area contributed by atoms with Crippen LogP contribution in [-0.2, 0) is 7.05 Å². The monoisotopic (exact) mass is 255 g/mol. The zero-order valence-electron chi connectivity index (χ0n) is 10.8. The molecule has 0 aliphatic carbocycles. The van der Waals surface area contributed by atoms with Crippen molar-refractivity contribution in [1.82, 2.24) is 9.55 Å². The van der Waals surface area contributed by atoms with Gasteiger partial charge in [-0.2, -0.15) is 0 Å². The molecule has 2 aromatic heterocycles. The molecular formula is C15H14FN3. The van der Waals surface area contributed by atoms with E-state index in [9.17, 15) is 4.39 Å². The van der Waals surface area contributed by atoms with Crippen LogP contribution in [0.25, 0.3) is 22.2 Å². The van der Waals surface area contributed by atoms with Crippen molar-refractivity contribution in [2.24, 2.45) is 7.05 Å². The van der Waals surface area contributed by atoms with Crippen LogP contribution in [0.4, 0.5) is 10.1 Å². The summed E-state index contributed by atoms with van der Waals surface area (Å²) in [5, 5.41) is 0.611. The van der Waals surface area contributed by atoms with Gasteiger partial charge in [0.1, 0.15) is 5.82 Å². The fourth-order valence-electron chi connectivity index (χ4n) is 2.44. The molecule has 3 aromatic rings. The molecule has 1 aromatic carbocycles. The molecule has 3 rings (SSSR count). The topological polar surface area (TPSA) is 43.8 Å². The zero-order valence-corrected chi connectivity index (χ0v) is 10.8. The van der Waals surface area contributed by atoms with Crippen molar-refractivity contribution < 1.29 is 4.39 Å². The molecule has 0 atom stereocenters. The minimum absolute atomic E-state index is 0.227. The number of rotatable bonds is 1. The van der Waals surface area contributed by atoms with E-state index in [4.69, 9.17) is 5.73 Å². The van der Waals surface area contributed by atoms with Gasteiger partial charge in [-0.05, 0) is 31.2 Å². The summed E-state index contributed by atoms with van der Waals surface area (Å²) in [5.74, 6) is -0.227. The number of hydrogen-bond acceptors (Lipinski definition) is 2. The minimum Gasteiger partial charge on any atom is -0.397 e. The van der Waals surface area contributed by atoms with Crippen molar-refractivity contribution in [3.8, 4) is 11.3 Å². The number of benzene rings is 1. The zero-order chi connectivity index (χ0) is 13.6. The van der Waals surface area contributed by atoms with E-state index in [-0.39, 0.29) is 5.82 Å². The van der Waals surface area contributed by atoms with E-state index < -0.39 is 0 Å². The van der Waals surface area contributed by atoms with Crippen LogP contribution in [0.1, 0.15) is 5.69 Å². The molecule has 0 amide bonds. The normalized spacial score (nSPS) is 11.1. The number of hydrogen-bond donors (Lipinski definition) is 1. The van der Waals surface area contributed by atoms with Gasteiger partial charge in [-0.15, -0.1) is 0 Å². The average molecular weight is 255 g/mol. The molecule has 3 nitrogen and oxygen atoms in total. The summed E-state index contributed by atoms with van der Waals surface area (Å²) in [5.41, 5.74) is 9.67. The lowest BCUT2D eigenvalue weighted by atomic mass is 10.1. The Morgan fingerprint density at radius 3 is 2.68 bits per heavy atom. The molecule has 0 fully saturated rings. The summed E-state index contributed by atoms with van der Waals surface area (Å²) in [6, 6.07) is 8.71. The van der Waals surface area contributed by atoms with Gasteiger partial charge in [0.2, 0.25) is 0 Å². The number of fused-ring (bicyclic) bond motifs is 1. The molecule has 0 aliphatic heterocycles. The highest BCUT2D eigenvalue weighted by molar-refractivity contribution is 5.97. The van der Waals surface area contributed by atoms with Crippen molar-refractivity contribution in [2.75, 3.05) is 5.73 Å². The van der Waals surface area contributed by atoms with E-state index in [2.05, 4.69) is 4.98 Å². The van der Waals surface area contributed by atoms with Crippen molar-refractivity contribution in [3.63, 3.8) is 0 Å². The van der Waals surface area contributed by atoms with E-state index >= 15 is 0 Å². The number of aromatic nitrogens is 2. The molecule has 0 unspecified atom stereocenters. The van der Waals surface area contributed by atoms with Gasteiger partial charge in [0, 0.05) is 23.7 Å². The largest absolute Gasteiger partial charge is 0.397 e. The highest BCUT2D eigenvalue weighted by Gasteiger charge is 2.17. The number of aryl methyl sites for hydroxylation is 1. The Hall–Kier alpha value is -2.36. The number of halogens is 1. The Kier molecular flexibility index (Phi) is 2.52. The molecule has 96 valence electrons. The first-order valence-corrected chi connectivity index (χ1v) is 6.05. The van der Waals surface area contributed by atoms with Gasteiger partial charge in [0.15, 0.2) is 0 Å². The predicted octanol–water partition coefficient (Wildman–Crippen LogP) is 3.27. The molecular weight excluding hydrogens is 241 g/mol. The summed E-state index contributed by atoms with van der Waals surface area (Å²) >= 11 is 0. The van der Waals surface area contributed by atoms with Crippen molar-refractivity contribution in [1.29, 1.82) is 0 Å². The molecule has 0 saturated carbocycles. The van der Waals surface area contributed by atoms with E-state index in [1.807, 2.05) is 30.7 Å². The van der Waals surface area contributed by atoms with Gasteiger partial charge in [-0.25, -0.2) is 4.39 Å². The van der Waals surface area contributed by atoms with Gasteiger partial charge in [0.05, 0.1) is 23.1 Å². The van der Waals surface area contributed by atoms with Crippen LogP contribution in [0.3, 0.4) is 0 Å². The van der Waals surface area contributed by atoms with Crippen LogP contribution in [0, 0.1) is 12.7 Å². The van der Waals surface area contributed by atoms with Gasteiger partial charge in [-0.1, -0.05) is 6.07 Å². The quantitative estimate of drug-likeness (QED) is 0.725. The first-order valence-electron chi connectivity index (χ1n) is 6.05. The van der Waals surface area contributed by atoms with Gasteiger partial charge in [0.25, 0.3) is 0 Å². The third-order valence-corrected chi connectivity index (χ3v) is 3.51. The number of nitrogens with two attached hydrogens (primary N) is 1. The van der Waals surface area contributed by atoms with Crippen LogP contribution in [0.15, 0.2) is 36.5 Å². The second kappa shape index (κ2) is 4.09. The highest BCUT2D eigenvalue weighted by atomic mass is 19.1. The maximum absolute atomic E-state index is 14.1. The lowest BCUT2D eigenvalue weighted by Crippen LogP contribution is -1.92. The maximum atomic E-state index is 14.1. The SMILES string of the molecule is Cc1c(-c2ccc(N)cn2)c2c(F)cccc2n1C. The molecule has 0 saturated heterocycles. The number of nitrogens with zero attached hydrogens (tertiary/aromatic N) is 2. The Labute approximate surface area is 110 Å². The molecule has 4 heteroatoms. The van der Waals surface area contributed by atoms with Gasteiger partial charge < -0.3 is 10.3 Å². The van der Waals surface area contributed by atoms with Crippen molar-refractivity contribution >= 4 is 16.6 Å². The average Bonchev–Trinajstić information content (AvgIpc) is 2.66. The van der Waals surface area contributed by atoms with Crippen LogP contribution in [0.2, 0.25) is 0 Å². The summed E-state index contributed by atoms with van der Waals surface area (Å²) < 4.78 is 16.1. The number of nitrogen functional groups attached to an aromatic ring is 1. The van der Waals surface area contributed by atoms with E-state index in [0.29, 0.717) is 11.1 Å². The smallest absolute Gasteiger partial charge is 0.133 e. The lowest BCUT2D eigenvalue weighted by Gasteiger charge is -2.03. The van der Waals surface area contributed by atoms with E-state index in [1.54, 1.807) is 18.3 Å². The second-order valence-corrected chi connectivity index (χ2v) is 4.63. The molecule has 0 bridgehead atoms. The summed E-state index contributed by atoms with van der Waals surface area (Å²) in [6.45, 7) is 1.97. The van der Waals surface area contributed by atoms with Gasteiger partial charge in [-0.3, -0.25) is 4.98 Å². The molecule has 0 radical (unpaired) electrons. The molecule has 0 aliphatic rings. The number of pyridine rings is 1. The maximum Gasteiger partial charge on any atom is 0.133 e. The Bertz CT molecular complexity index is 757. The molecule has 0 spiro atoms. The Morgan fingerprint density at radius 2 is 2.00 bits per heavy atom. The third kappa shape index (κ3) is 1.68. The molecule has 2 N–H and O–H groups in total. The van der Waals surface area contributed by atoms with Crippen molar-refractivity contribution in [2.45, 2.75) is 6.92 Å². The van der Waals surface area contributed by atoms with E-state index in [0.717, 1.165) is 22.5 Å². The first-order chi connectivity index (χ1) is 9.09. The first kappa shape index (κ1) is 11.7. The minimum atomic E-state index is -0.227. The van der Waals surface area contributed by atoms with Crippen LogP contribution in [-0.4, -0.2) is 9.55 Å².